The summed E-state index contributed by atoms with van der Waals surface area (Å²) >= 11 is 3.68. The fourth-order valence-electron chi connectivity index (χ4n) is 3.11. The van der Waals surface area contributed by atoms with Gasteiger partial charge in [-0.25, -0.2) is 0 Å². The number of rotatable bonds is 2. The van der Waals surface area contributed by atoms with Crippen LogP contribution >= 0.6 is 15.9 Å². The van der Waals surface area contributed by atoms with E-state index < -0.39 is 0 Å². The molecule has 0 spiro atoms. The lowest BCUT2D eigenvalue weighted by Gasteiger charge is -2.19. The molecule has 1 aromatic rings. The molecule has 0 saturated heterocycles. The Hall–Kier alpha value is -0.740. The minimum absolute atomic E-state index is 0.0785. The molecule has 2 aliphatic heterocycles. The molecule has 0 aromatic heterocycles. The van der Waals surface area contributed by atoms with E-state index >= 15 is 0 Å². The summed E-state index contributed by atoms with van der Waals surface area (Å²) in [5, 5.41) is 9.54. The first-order valence-corrected chi connectivity index (χ1v) is 7.63. The number of ether oxygens (including phenoxy) is 2. The molecule has 0 saturated carbocycles. The number of aliphatic hydroxyl groups is 1. The van der Waals surface area contributed by atoms with Crippen molar-refractivity contribution in [3.63, 3.8) is 0 Å². The van der Waals surface area contributed by atoms with Crippen molar-refractivity contribution in [1.82, 2.24) is 0 Å². The van der Waals surface area contributed by atoms with Crippen LogP contribution in [0, 0.1) is 0 Å². The molecule has 2 aliphatic rings. The normalized spacial score (nSPS) is 25.5. The third kappa shape index (κ3) is 1.96. The minimum atomic E-state index is 0.0785. The molecule has 3 rings (SSSR count). The fourth-order valence-corrected chi connectivity index (χ4v) is 3.78. The quantitative estimate of drug-likeness (QED) is 0.907. The highest BCUT2D eigenvalue weighted by Gasteiger charge is 2.36. The van der Waals surface area contributed by atoms with Crippen LogP contribution in [0.4, 0.5) is 0 Å². The van der Waals surface area contributed by atoms with Crippen molar-refractivity contribution < 1.29 is 14.6 Å². The Bertz CT molecular complexity index is 488. The van der Waals surface area contributed by atoms with E-state index in [-0.39, 0.29) is 24.7 Å². The summed E-state index contributed by atoms with van der Waals surface area (Å²) in [5.41, 5.74) is 3.54. The molecule has 0 amide bonds. The molecule has 1 aromatic carbocycles. The highest BCUT2D eigenvalue weighted by molar-refractivity contribution is 9.10. The lowest BCUT2D eigenvalue weighted by molar-refractivity contribution is 0.241. The van der Waals surface area contributed by atoms with Crippen molar-refractivity contribution >= 4 is 15.9 Å². The average molecular weight is 327 g/mol. The second kappa shape index (κ2) is 4.67. The van der Waals surface area contributed by atoms with Crippen LogP contribution in [-0.2, 0) is 12.8 Å². The van der Waals surface area contributed by atoms with Gasteiger partial charge in [-0.2, -0.15) is 0 Å². The first-order valence-electron chi connectivity index (χ1n) is 6.84. The maximum absolute atomic E-state index is 9.54. The van der Waals surface area contributed by atoms with Crippen molar-refractivity contribution in [1.29, 1.82) is 0 Å². The number of fused-ring (bicyclic) bond motifs is 2. The van der Waals surface area contributed by atoms with Crippen LogP contribution in [0.2, 0.25) is 0 Å². The second-order valence-electron chi connectivity index (χ2n) is 5.69. The van der Waals surface area contributed by atoms with Crippen molar-refractivity contribution in [2.24, 2.45) is 0 Å². The van der Waals surface area contributed by atoms with E-state index in [2.05, 4.69) is 29.8 Å². The van der Waals surface area contributed by atoms with E-state index in [1.165, 1.54) is 11.1 Å². The van der Waals surface area contributed by atoms with Crippen molar-refractivity contribution in [3.05, 3.63) is 21.2 Å². The van der Waals surface area contributed by atoms with Gasteiger partial charge in [-0.3, -0.25) is 0 Å². The molecule has 19 heavy (non-hydrogen) atoms. The standard InChI is InChI=1S/C15H19BrO3/c1-7(6-17)12-10-4-8(2)19-15(10)13(16)11-5-9(3)18-14(11)12/h7-9,17H,4-6H2,1-3H3. The van der Waals surface area contributed by atoms with Gasteiger partial charge in [0.25, 0.3) is 0 Å². The second-order valence-corrected chi connectivity index (χ2v) is 6.48. The summed E-state index contributed by atoms with van der Waals surface area (Å²) in [6.45, 7) is 6.33. The van der Waals surface area contributed by atoms with Gasteiger partial charge in [-0.1, -0.05) is 6.92 Å². The molecule has 0 fully saturated rings. The highest BCUT2D eigenvalue weighted by Crippen LogP contribution is 2.51. The first kappa shape index (κ1) is 13.3. The summed E-state index contributed by atoms with van der Waals surface area (Å²) in [5.74, 6) is 2.01. The van der Waals surface area contributed by atoms with Crippen LogP contribution < -0.4 is 9.47 Å². The fraction of sp³-hybridized carbons (Fsp3) is 0.600. The summed E-state index contributed by atoms with van der Waals surface area (Å²) < 4.78 is 13.0. The molecule has 4 heteroatoms. The number of hydrogen-bond donors (Lipinski definition) is 1. The molecule has 3 nitrogen and oxygen atoms in total. The van der Waals surface area contributed by atoms with Gasteiger partial charge in [0, 0.05) is 42.1 Å². The monoisotopic (exact) mass is 326 g/mol. The molecular formula is C15H19BrO3. The van der Waals surface area contributed by atoms with E-state index in [0.717, 1.165) is 34.4 Å². The smallest absolute Gasteiger partial charge is 0.138 e. The maximum Gasteiger partial charge on any atom is 0.138 e. The van der Waals surface area contributed by atoms with Crippen molar-refractivity contribution in [2.45, 2.75) is 51.7 Å². The number of benzene rings is 1. The van der Waals surface area contributed by atoms with Crippen LogP contribution in [0.3, 0.4) is 0 Å². The molecule has 3 unspecified atom stereocenters. The Labute approximate surface area is 122 Å². The van der Waals surface area contributed by atoms with E-state index in [4.69, 9.17) is 9.47 Å². The van der Waals surface area contributed by atoms with Crippen LogP contribution in [0.5, 0.6) is 11.5 Å². The van der Waals surface area contributed by atoms with Crippen LogP contribution in [0.25, 0.3) is 0 Å². The van der Waals surface area contributed by atoms with Gasteiger partial charge >= 0.3 is 0 Å². The summed E-state index contributed by atoms with van der Waals surface area (Å²) in [6.07, 6.45) is 2.16. The Morgan fingerprint density at radius 2 is 1.74 bits per heavy atom. The third-order valence-corrected chi connectivity index (χ3v) is 4.81. The molecule has 0 radical (unpaired) electrons. The van der Waals surface area contributed by atoms with Gasteiger partial charge in [0.1, 0.15) is 23.7 Å². The largest absolute Gasteiger partial charge is 0.490 e. The lowest BCUT2D eigenvalue weighted by atomic mass is 9.90. The summed E-state index contributed by atoms with van der Waals surface area (Å²) in [4.78, 5) is 0. The van der Waals surface area contributed by atoms with Crippen molar-refractivity contribution in [2.75, 3.05) is 6.61 Å². The maximum atomic E-state index is 9.54. The Kier molecular flexibility index (Phi) is 3.26. The third-order valence-electron chi connectivity index (χ3n) is 3.97. The Morgan fingerprint density at radius 3 is 2.37 bits per heavy atom. The van der Waals surface area contributed by atoms with Crippen molar-refractivity contribution in [3.8, 4) is 11.5 Å². The van der Waals surface area contributed by atoms with Gasteiger partial charge in [-0.05, 0) is 29.8 Å². The zero-order chi connectivity index (χ0) is 13.7. The molecule has 0 bridgehead atoms. The molecule has 0 aliphatic carbocycles. The predicted molar refractivity (Wildman–Crippen MR) is 77.2 cm³/mol. The zero-order valence-electron chi connectivity index (χ0n) is 11.5. The lowest BCUT2D eigenvalue weighted by Crippen LogP contribution is -2.09. The van der Waals surface area contributed by atoms with Gasteiger partial charge < -0.3 is 14.6 Å². The number of halogens is 1. The van der Waals surface area contributed by atoms with Gasteiger partial charge in [0.15, 0.2) is 0 Å². The molecule has 3 atom stereocenters. The van der Waals surface area contributed by atoms with Gasteiger partial charge in [0.05, 0.1) is 4.47 Å². The topological polar surface area (TPSA) is 38.7 Å². The average Bonchev–Trinajstić information content (AvgIpc) is 2.92. The zero-order valence-corrected chi connectivity index (χ0v) is 13.1. The van der Waals surface area contributed by atoms with Crippen LogP contribution in [0.1, 0.15) is 43.4 Å². The molecule has 104 valence electrons. The molecule has 2 heterocycles. The van der Waals surface area contributed by atoms with Gasteiger partial charge in [0.2, 0.25) is 0 Å². The minimum Gasteiger partial charge on any atom is -0.490 e. The SMILES string of the molecule is CC1Cc2c(c(Br)c3c(c2C(C)CO)OC(C)C3)O1. The number of aliphatic hydroxyl groups excluding tert-OH is 1. The van der Waals surface area contributed by atoms with Gasteiger partial charge in [-0.15, -0.1) is 0 Å². The van der Waals surface area contributed by atoms with E-state index in [1.54, 1.807) is 0 Å². The molecular weight excluding hydrogens is 308 g/mol. The van der Waals surface area contributed by atoms with E-state index in [9.17, 15) is 5.11 Å². The predicted octanol–water partition coefficient (Wildman–Crippen LogP) is 3.19. The highest BCUT2D eigenvalue weighted by atomic mass is 79.9. The van der Waals surface area contributed by atoms with Crippen LogP contribution in [-0.4, -0.2) is 23.9 Å². The number of hydrogen-bond acceptors (Lipinski definition) is 3. The van der Waals surface area contributed by atoms with E-state index in [1.807, 2.05) is 6.92 Å². The Morgan fingerprint density at radius 1 is 1.16 bits per heavy atom. The van der Waals surface area contributed by atoms with E-state index in [0.29, 0.717) is 0 Å². The molecule has 1 N–H and O–H groups in total. The first-order chi connectivity index (χ1) is 9.02. The Balaban J connectivity index is 2.23. The summed E-state index contributed by atoms with van der Waals surface area (Å²) in [7, 11) is 0. The summed E-state index contributed by atoms with van der Waals surface area (Å²) in [6, 6.07) is 0. The van der Waals surface area contributed by atoms with Crippen LogP contribution in [0.15, 0.2) is 4.47 Å².